The van der Waals surface area contributed by atoms with E-state index in [1.165, 1.54) is 13.2 Å². The van der Waals surface area contributed by atoms with Gasteiger partial charge < -0.3 is 19.9 Å². The molecule has 9 heteroatoms. The van der Waals surface area contributed by atoms with Crippen molar-refractivity contribution in [1.82, 2.24) is 25.4 Å². The fourth-order valence-electron chi connectivity index (χ4n) is 2.30. The Balaban J connectivity index is 0.00000338. The first-order valence-electron chi connectivity index (χ1n) is 8.19. The summed E-state index contributed by atoms with van der Waals surface area (Å²) in [5, 5.41) is 14.6. The minimum Gasteiger partial charge on any atom is -0.494 e. The molecule has 0 aliphatic carbocycles. The molecule has 1 aromatic heterocycles. The van der Waals surface area contributed by atoms with Gasteiger partial charge >= 0.3 is 0 Å². The molecule has 0 bridgehead atoms. The lowest BCUT2D eigenvalue weighted by molar-refractivity contribution is 0.386. The summed E-state index contributed by atoms with van der Waals surface area (Å²) in [5.41, 5.74) is 0.804. The van der Waals surface area contributed by atoms with Crippen molar-refractivity contribution in [3.05, 3.63) is 41.2 Å². The normalized spacial score (nSPS) is 12.3. The highest BCUT2D eigenvalue weighted by molar-refractivity contribution is 14.0. The molecule has 0 saturated carbocycles. The second-order valence-corrected chi connectivity index (χ2v) is 5.68. The van der Waals surface area contributed by atoms with Gasteiger partial charge in [-0.15, -0.1) is 34.2 Å². The molecule has 2 rings (SSSR count). The predicted octanol–water partition coefficient (Wildman–Crippen LogP) is 2.71. The van der Waals surface area contributed by atoms with Gasteiger partial charge in [0.2, 0.25) is 0 Å². The number of ether oxygens (including phenoxy) is 1. The van der Waals surface area contributed by atoms with Crippen LogP contribution in [0.4, 0.5) is 4.39 Å². The van der Waals surface area contributed by atoms with Crippen LogP contribution in [-0.2, 0) is 13.6 Å². The summed E-state index contributed by atoms with van der Waals surface area (Å²) >= 11 is 0. The number of hydrogen-bond acceptors (Lipinski definition) is 4. The highest BCUT2D eigenvalue weighted by Crippen LogP contribution is 2.21. The third-order valence-electron chi connectivity index (χ3n) is 3.93. The van der Waals surface area contributed by atoms with Crippen LogP contribution in [0, 0.1) is 12.7 Å². The third kappa shape index (κ3) is 5.55. The SMILES string of the molecule is CCNC(=NCc1nnc(C)n1C)NC(C)c1ccc(OC)c(F)c1.I. The van der Waals surface area contributed by atoms with Crippen LogP contribution in [0.2, 0.25) is 0 Å². The minimum atomic E-state index is -0.384. The molecule has 0 spiro atoms. The molecule has 0 fully saturated rings. The van der Waals surface area contributed by atoms with Crippen molar-refractivity contribution >= 4 is 29.9 Å². The molecular weight excluding hydrogens is 450 g/mol. The van der Waals surface area contributed by atoms with E-state index in [1.807, 2.05) is 38.5 Å². The first kappa shape index (κ1) is 22.1. The molecule has 1 heterocycles. The maximum atomic E-state index is 13.9. The van der Waals surface area contributed by atoms with Crippen LogP contribution in [0.5, 0.6) is 5.75 Å². The lowest BCUT2D eigenvalue weighted by Gasteiger charge is -2.18. The molecule has 0 radical (unpaired) electrons. The second-order valence-electron chi connectivity index (χ2n) is 5.68. The topological polar surface area (TPSA) is 76.4 Å². The van der Waals surface area contributed by atoms with E-state index in [1.54, 1.807) is 6.07 Å². The Morgan fingerprint density at radius 1 is 1.38 bits per heavy atom. The van der Waals surface area contributed by atoms with Crippen molar-refractivity contribution in [1.29, 1.82) is 0 Å². The summed E-state index contributed by atoms with van der Waals surface area (Å²) in [5.74, 6) is 2.09. The van der Waals surface area contributed by atoms with Gasteiger partial charge in [-0.3, -0.25) is 0 Å². The lowest BCUT2D eigenvalue weighted by atomic mass is 10.1. The van der Waals surface area contributed by atoms with Gasteiger partial charge in [-0.2, -0.15) is 0 Å². The van der Waals surface area contributed by atoms with Gasteiger partial charge in [0.1, 0.15) is 12.4 Å². The molecule has 0 aliphatic heterocycles. The van der Waals surface area contributed by atoms with E-state index in [0.717, 1.165) is 17.2 Å². The Kier molecular flexibility index (Phi) is 8.76. The zero-order valence-corrected chi connectivity index (χ0v) is 18.0. The van der Waals surface area contributed by atoms with Crippen molar-refractivity contribution in [2.75, 3.05) is 13.7 Å². The van der Waals surface area contributed by atoms with Crippen molar-refractivity contribution in [3.8, 4) is 5.75 Å². The number of benzene rings is 1. The summed E-state index contributed by atoms with van der Waals surface area (Å²) in [6, 6.07) is 4.79. The number of hydrogen-bond donors (Lipinski definition) is 2. The summed E-state index contributed by atoms with van der Waals surface area (Å²) in [7, 11) is 3.35. The number of rotatable bonds is 6. The van der Waals surface area contributed by atoms with Gasteiger partial charge in [-0.1, -0.05) is 6.07 Å². The van der Waals surface area contributed by atoms with Crippen molar-refractivity contribution in [3.63, 3.8) is 0 Å². The maximum Gasteiger partial charge on any atom is 0.192 e. The standard InChI is InChI=1S/C17H25FN6O.HI/c1-6-19-17(20-10-16-23-22-12(3)24(16)4)21-11(2)13-7-8-15(25-5)14(18)9-13;/h7-9,11H,6,10H2,1-5H3,(H2,19,20,21);1H. The number of methoxy groups -OCH3 is 1. The number of guanidine groups is 1. The molecule has 1 aromatic carbocycles. The van der Waals surface area contributed by atoms with Gasteiger partial charge in [0.25, 0.3) is 0 Å². The van der Waals surface area contributed by atoms with Crippen LogP contribution < -0.4 is 15.4 Å². The van der Waals surface area contributed by atoms with Crippen molar-refractivity contribution in [2.24, 2.45) is 12.0 Å². The fraction of sp³-hybridized carbons (Fsp3) is 0.471. The summed E-state index contributed by atoms with van der Waals surface area (Å²) in [6.45, 7) is 6.94. The molecule has 26 heavy (non-hydrogen) atoms. The number of aromatic nitrogens is 3. The zero-order valence-electron chi connectivity index (χ0n) is 15.7. The van der Waals surface area contributed by atoms with Crippen LogP contribution in [0.3, 0.4) is 0 Å². The molecule has 2 aromatic rings. The average Bonchev–Trinajstić information content (AvgIpc) is 2.91. The summed E-state index contributed by atoms with van der Waals surface area (Å²) in [6.07, 6.45) is 0. The fourth-order valence-corrected chi connectivity index (χ4v) is 2.30. The Labute approximate surface area is 170 Å². The van der Waals surface area contributed by atoms with E-state index < -0.39 is 0 Å². The maximum absolute atomic E-state index is 13.9. The number of halogens is 2. The first-order valence-corrected chi connectivity index (χ1v) is 8.19. The lowest BCUT2D eigenvalue weighted by Crippen LogP contribution is -2.38. The Morgan fingerprint density at radius 3 is 2.65 bits per heavy atom. The monoisotopic (exact) mass is 476 g/mol. The van der Waals surface area contributed by atoms with Crippen LogP contribution in [0.1, 0.15) is 37.1 Å². The van der Waals surface area contributed by atoms with Gasteiger partial charge in [0.15, 0.2) is 23.4 Å². The quantitative estimate of drug-likeness (QED) is 0.381. The Bertz CT molecular complexity index is 749. The van der Waals surface area contributed by atoms with Crippen molar-refractivity contribution < 1.29 is 9.13 Å². The molecule has 0 amide bonds. The Morgan fingerprint density at radius 2 is 2.12 bits per heavy atom. The van der Waals surface area contributed by atoms with Gasteiger partial charge in [-0.25, -0.2) is 9.38 Å². The van der Waals surface area contributed by atoms with E-state index in [0.29, 0.717) is 19.0 Å². The number of aryl methyl sites for hydroxylation is 1. The van der Waals surface area contributed by atoms with Crippen LogP contribution >= 0.6 is 24.0 Å². The molecule has 2 N–H and O–H groups in total. The molecule has 7 nitrogen and oxygen atoms in total. The minimum absolute atomic E-state index is 0. The molecule has 0 aliphatic rings. The largest absolute Gasteiger partial charge is 0.494 e. The van der Waals surface area contributed by atoms with E-state index in [-0.39, 0.29) is 41.6 Å². The molecule has 1 unspecified atom stereocenters. The number of nitrogens with zero attached hydrogens (tertiary/aromatic N) is 4. The molecular formula is C17H26FIN6O. The first-order chi connectivity index (χ1) is 12.0. The predicted molar refractivity (Wildman–Crippen MR) is 110 cm³/mol. The average molecular weight is 476 g/mol. The zero-order chi connectivity index (χ0) is 18.4. The van der Waals surface area contributed by atoms with E-state index in [4.69, 9.17) is 4.74 Å². The second kappa shape index (κ2) is 10.3. The van der Waals surface area contributed by atoms with Crippen LogP contribution in [0.25, 0.3) is 0 Å². The van der Waals surface area contributed by atoms with E-state index >= 15 is 0 Å². The molecule has 0 saturated heterocycles. The van der Waals surface area contributed by atoms with Gasteiger partial charge in [0.05, 0.1) is 13.2 Å². The van der Waals surface area contributed by atoms with Crippen LogP contribution in [0.15, 0.2) is 23.2 Å². The highest BCUT2D eigenvalue weighted by atomic mass is 127. The highest BCUT2D eigenvalue weighted by Gasteiger charge is 2.12. The van der Waals surface area contributed by atoms with E-state index in [9.17, 15) is 4.39 Å². The van der Waals surface area contributed by atoms with Crippen LogP contribution in [-0.4, -0.2) is 34.4 Å². The third-order valence-corrected chi connectivity index (χ3v) is 3.93. The number of aliphatic imine (C=N–C) groups is 1. The smallest absolute Gasteiger partial charge is 0.192 e. The summed E-state index contributed by atoms with van der Waals surface area (Å²) in [4.78, 5) is 4.53. The Hall–Kier alpha value is -1.91. The van der Waals surface area contributed by atoms with Gasteiger partial charge in [0, 0.05) is 13.6 Å². The number of nitrogens with one attached hydrogen (secondary N) is 2. The van der Waals surface area contributed by atoms with E-state index in [2.05, 4.69) is 25.8 Å². The van der Waals surface area contributed by atoms with Crippen molar-refractivity contribution in [2.45, 2.75) is 33.4 Å². The van der Waals surface area contributed by atoms with Gasteiger partial charge in [-0.05, 0) is 38.5 Å². The molecule has 1 atom stereocenters. The molecule has 144 valence electrons. The summed E-state index contributed by atoms with van der Waals surface area (Å²) < 4.78 is 20.7.